The molecule has 0 atom stereocenters. The van der Waals surface area contributed by atoms with Gasteiger partial charge in [0.15, 0.2) is 0 Å². The van der Waals surface area contributed by atoms with Crippen LogP contribution in [0, 0.1) is 0 Å². The molecule has 0 radical (unpaired) electrons. The van der Waals surface area contributed by atoms with E-state index in [2.05, 4.69) is 0 Å². The number of nitrogens with zero attached hydrogens (tertiary/aromatic N) is 1. The molecule has 0 unspecified atom stereocenters. The van der Waals surface area contributed by atoms with Gasteiger partial charge in [0.05, 0.1) is 0 Å². The number of halogens is 1. The third kappa shape index (κ3) is 1.52. The van der Waals surface area contributed by atoms with Gasteiger partial charge < -0.3 is 0 Å². The van der Waals surface area contributed by atoms with Crippen molar-refractivity contribution in [2.24, 2.45) is 0 Å². The van der Waals surface area contributed by atoms with E-state index in [4.69, 9.17) is 0 Å². The number of hydrogen-bond acceptors (Lipinski definition) is 1. The molecule has 46 valence electrons. The number of rotatable bonds is 0. The van der Waals surface area contributed by atoms with Crippen molar-refractivity contribution in [3.63, 3.8) is 0 Å². The van der Waals surface area contributed by atoms with Crippen LogP contribution in [0.1, 0.15) is 19.3 Å². The Kier molecular flexibility index (Phi) is 1.89. The topological polar surface area (TPSA) is 3.24 Å². The van der Waals surface area contributed by atoms with Gasteiger partial charge in [-0.2, -0.15) is 0 Å². The molecular formula is C6H10FN. The predicted molar refractivity (Wildman–Crippen MR) is 30.8 cm³/mol. The van der Waals surface area contributed by atoms with E-state index in [-0.39, 0.29) is 0 Å². The van der Waals surface area contributed by atoms with Crippen LogP contribution < -0.4 is 0 Å². The predicted octanol–water partition coefficient (Wildman–Crippen LogP) is 1.87. The summed E-state index contributed by atoms with van der Waals surface area (Å²) in [6, 6.07) is 0. The van der Waals surface area contributed by atoms with Crippen LogP contribution >= 0.6 is 0 Å². The Morgan fingerprint density at radius 3 is 3.12 bits per heavy atom. The average Bonchev–Trinajstić information content (AvgIpc) is 1.94. The first kappa shape index (κ1) is 5.60. The Morgan fingerprint density at radius 1 is 1.38 bits per heavy atom. The SMILES string of the molecule is FN1C=CCCCC1. The zero-order valence-electron chi connectivity index (χ0n) is 4.81. The Morgan fingerprint density at radius 2 is 2.25 bits per heavy atom. The quantitative estimate of drug-likeness (QED) is 0.435. The summed E-state index contributed by atoms with van der Waals surface area (Å²) < 4.78 is 12.2. The van der Waals surface area contributed by atoms with Gasteiger partial charge in [-0.3, -0.25) is 0 Å². The fraction of sp³-hybridized carbons (Fsp3) is 0.667. The first-order valence-corrected chi connectivity index (χ1v) is 2.99. The highest BCUT2D eigenvalue weighted by Crippen LogP contribution is 2.05. The van der Waals surface area contributed by atoms with Gasteiger partial charge in [0.25, 0.3) is 0 Å². The lowest BCUT2D eigenvalue weighted by Crippen LogP contribution is -2.04. The summed E-state index contributed by atoms with van der Waals surface area (Å²) in [7, 11) is 0. The van der Waals surface area contributed by atoms with E-state index in [9.17, 15) is 4.48 Å². The molecule has 0 aromatic heterocycles. The van der Waals surface area contributed by atoms with E-state index in [0.29, 0.717) is 6.54 Å². The third-order valence-corrected chi connectivity index (χ3v) is 1.26. The van der Waals surface area contributed by atoms with Crippen LogP contribution in [0.2, 0.25) is 0 Å². The first-order chi connectivity index (χ1) is 3.89. The molecule has 0 saturated carbocycles. The van der Waals surface area contributed by atoms with Gasteiger partial charge in [-0.05, 0) is 19.3 Å². The summed E-state index contributed by atoms with van der Waals surface area (Å²) in [6.45, 7) is 0.566. The van der Waals surface area contributed by atoms with Crippen molar-refractivity contribution in [2.75, 3.05) is 6.54 Å². The summed E-state index contributed by atoms with van der Waals surface area (Å²) in [5, 5.41) is 0.743. The molecule has 1 rings (SSSR count). The molecule has 2 heteroatoms. The van der Waals surface area contributed by atoms with Gasteiger partial charge >= 0.3 is 0 Å². The zero-order valence-corrected chi connectivity index (χ0v) is 4.81. The van der Waals surface area contributed by atoms with E-state index in [1.807, 2.05) is 6.08 Å². The molecule has 1 aliphatic heterocycles. The van der Waals surface area contributed by atoms with E-state index >= 15 is 0 Å². The average molecular weight is 115 g/mol. The Balaban J connectivity index is 2.33. The lowest BCUT2D eigenvalue weighted by molar-refractivity contribution is 0.0901. The van der Waals surface area contributed by atoms with Gasteiger partial charge in [-0.15, -0.1) is 4.48 Å². The first-order valence-electron chi connectivity index (χ1n) is 2.99. The molecule has 1 aliphatic rings. The molecular weight excluding hydrogens is 105 g/mol. The van der Waals surface area contributed by atoms with Crippen molar-refractivity contribution in [3.05, 3.63) is 12.3 Å². The van der Waals surface area contributed by atoms with E-state index < -0.39 is 0 Å². The molecule has 0 amide bonds. The Bertz CT molecular complexity index is 90.5. The lowest BCUT2D eigenvalue weighted by atomic mass is 10.2. The second-order valence-electron chi connectivity index (χ2n) is 2.00. The third-order valence-electron chi connectivity index (χ3n) is 1.26. The minimum absolute atomic E-state index is 0.566. The minimum Gasteiger partial charge on any atom is -0.219 e. The van der Waals surface area contributed by atoms with Crippen molar-refractivity contribution in [2.45, 2.75) is 19.3 Å². The van der Waals surface area contributed by atoms with Crippen molar-refractivity contribution >= 4 is 0 Å². The van der Waals surface area contributed by atoms with Crippen molar-refractivity contribution < 1.29 is 4.48 Å². The molecule has 8 heavy (non-hydrogen) atoms. The molecule has 0 aliphatic carbocycles. The number of allylic oxidation sites excluding steroid dienone is 1. The fourth-order valence-corrected chi connectivity index (χ4v) is 0.788. The Labute approximate surface area is 48.7 Å². The van der Waals surface area contributed by atoms with Crippen LogP contribution in [-0.2, 0) is 0 Å². The molecule has 0 saturated heterocycles. The van der Waals surface area contributed by atoms with Crippen LogP contribution in [-0.4, -0.2) is 11.7 Å². The van der Waals surface area contributed by atoms with E-state index in [1.165, 1.54) is 6.20 Å². The molecule has 0 fully saturated rings. The summed E-state index contributed by atoms with van der Waals surface area (Å²) in [5.41, 5.74) is 0. The Hall–Kier alpha value is -0.530. The smallest absolute Gasteiger partial charge is 0.0498 e. The largest absolute Gasteiger partial charge is 0.219 e. The maximum Gasteiger partial charge on any atom is 0.0498 e. The van der Waals surface area contributed by atoms with Crippen LogP contribution in [0.4, 0.5) is 4.48 Å². The summed E-state index contributed by atoms with van der Waals surface area (Å²) in [4.78, 5) is 0. The van der Waals surface area contributed by atoms with Gasteiger partial charge in [-0.1, -0.05) is 6.08 Å². The van der Waals surface area contributed by atoms with Crippen LogP contribution in [0.5, 0.6) is 0 Å². The molecule has 0 aromatic rings. The maximum atomic E-state index is 12.2. The van der Waals surface area contributed by atoms with E-state index in [0.717, 1.165) is 24.4 Å². The monoisotopic (exact) mass is 115 g/mol. The summed E-state index contributed by atoms with van der Waals surface area (Å²) in [6.07, 6.45) is 6.50. The van der Waals surface area contributed by atoms with Crippen molar-refractivity contribution in [1.82, 2.24) is 5.12 Å². The second kappa shape index (κ2) is 2.70. The molecule has 0 N–H and O–H groups in total. The highest BCUT2D eigenvalue weighted by molar-refractivity contribution is 4.81. The van der Waals surface area contributed by atoms with Crippen molar-refractivity contribution in [1.29, 1.82) is 0 Å². The maximum absolute atomic E-state index is 12.2. The number of hydrogen-bond donors (Lipinski definition) is 0. The van der Waals surface area contributed by atoms with Crippen LogP contribution in [0.25, 0.3) is 0 Å². The zero-order chi connectivity index (χ0) is 5.82. The van der Waals surface area contributed by atoms with Crippen LogP contribution in [0.3, 0.4) is 0 Å². The highest BCUT2D eigenvalue weighted by Gasteiger charge is 1.97. The summed E-state index contributed by atoms with van der Waals surface area (Å²) in [5.74, 6) is 0. The van der Waals surface area contributed by atoms with Gasteiger partial charge in [0.2, 0.25) is 0 Å². The molecule has 0 aromatic carbocycles. The van der Waals surface area contributed by atoms with Gasteiger partial charge in [0, 0.05) is 12.7 Å². The van der Waals surface area contributed by atoms with Gasteiger partial charge in [0.1, 0.15) is 0 Å². The fourth-order valence-electron chi connectivity index (χ4n) is 0.788. The van der Waals surface area contributed by atoms with Crippen molar-refractivity contribution in [3.8, 4) is 0 Å². The molecule has 1 nitrogen and oxygen atoms in total. The molecule has 1 heterocycles. The highest BCUT2D eigenvalue weighted by atomic mass is 19.2. The second-order valence-corrected chi connectivity index (χ2v) is 2.00. The summed E-state index contributed by atoms with van der Waals surface area (Å²) >= 11 is 0. The van der Waals surface area contributed by atoms with Gasteiger partial charge in [-0.25, -0.2) is 5.12 Å². The van der Waals surface area contributed by atoms with Crippen LogP contribution in [0.15, 0.2) is 12.3 Å². The molecule has 0 spiro atoms. The van der Waals surface area contributed by atoms with E-state index in [1.54, 1.807) is 0 Å². The minimum atomic E-state index is 0.566. The normalized spacial score (nSPS) is 20.9. The molecule has 0 bridgehead atoms. The standard InChI is InChI=1S/C6H10FN/c7-8-5-3-1-2-4-6-8/h3,5H,1-2,4,6H2. The lowest BCUT2D eigenvalue weighted by Gasteiger charge is -2.02.